The lowest BCUT2D eigenvalue weighted by molar-refractivity contribution is -0.143. The van der Waals surface area contributed by atoms with E-state index in [1.807, 2.05) is 42.7 Å². The molecular weight excluding hydrogens is 644 g/mol. The second kappa shape index (κ2) is 12.9. The number of fused-ring (bicyclic) bond motifs is 2. The predicted molar refractivity (Wildman–Crippen MR) is 173 cm³/mol. The number of carbonyl (C=O) groups is 1. The van der Waals surface area contributed by atoms with Crippen LogP contribution in [0.15, 0.2) is 78.8 Å². The van der Waals surface area contributed by atoms with Crippen molar-refractivity contribution in [3.63, 3.8) is 0 Å². The Morgan fingerprint density at radius 3 is 2.22 bits per heavy atom. The number of piperidine rings is 2. The molecule has 0 N–H and O–H groups in total. The molecule has 0 radical (unpaired) electrons. The summed E-state index contributed by atoms with van der Waals surface area (Å²) in [6.45, 7) is 2.71. The van der Waals surface area contributed by atoms with Crippen LogP contribution in [-0.2, 0) is 38.8 Å². The Morgan fingerprint density at radius 1 is 0.857 bits per heavy atom. The lowest BCUT2D eigenvalue weighted by atomic mass is 9.87. The SMILES string of the molecule is Cn1ccc2c1CCn1ccnc1C2=C1CCN([C@H]2CCN(C(=O)c3cc(C(F)(F)F)cc(C(F)(F)F)c3)[C@H](Cc3ccccc3)C2)CC1. The fourth-order valence-electron chi connectivity index (χ4n) is 7.88. The molecule has 0 unspecified atom stereocenters. The second-order valence-corrected chi connectivity index (χ2v) is 13.3. The number of likely N-dealkylation sites (tertiary alicyclic amines) is 2. The minimum absolute atomic E-state index is 0.0609. The third-order valence-electron chi connectivity index (χ3n) is 10.4. The molecule has 12 heteroatoms. The van der Waals surface area contributed by atoms with Crippen LogP contribution in [0, 0.1) is 0 Å². The van der Waals surface area contributed by atoms with Crippen LogP contribution >= 0.6 is 0 Å². The van der Waals surface area contributed by atoms with Crippen molar-refractivity contribution in [2.45, 2.75) is 69.5 Å². The maximum Gasteiger partial charge on any atom is 0.416 e. The molecule has 3 aliphatic rings. The molecule has 1 amide bonds. The molecular formula is C37H37F6N5O. The van der Waals surface area contributed by atoms with Gasteiger partial charge in [-0.3, -0.25) is 9.69 Å². The van der Waals surface area contributed by atoms with Crippen molar-refractivity contribution in [1.82, 2.24) is 23.9 Å². The summed E-state index contributed by atoms with van der Waals surface area (Å²) >= 11 is 0. The van der Waals surface area contributed by atoms with E-state index in [1.165, 1.54) is 27.3 Å². The molecule has 2 aromatic heterocycles. The molecule has 258 valence electrons. The van der Waals surface area contributed by atoms with Gasteiger partial charge in [0.25, 0.3) is 5.91 Å². The Kier molecular flexibility index (Phi) is 8.71. The number of alkyl halides is 6. The highest BCUT2D eigenvalue weighted by molar-refractivity contribution is 5.95. The first kappa shape index (κ1) is 33.2. The Balaban J connectivity index is 1.14. The standard InChI is InChI=1S/C37H37F6N5O/c1-45-13-10-31-32(45)11-16-47-18-12-44-34(47)33(31)25-7-14-46(15-8-25)29-9-17-48(30(23-29)19-24-5-3-2-4-6-24)35(49)26-20-27(36(38,39)40)22-28(21-26)37(41,42)43/h2-6,10,12-13,18,20-22,29-30H,7-9,11,14-17,19,23H2,1H3/t29-,30+/m0/s1. The summed E-state index contributed by atoms with van der Waals surface area (Å²) in [5.74, 6) is 0.176. The number of hydrogen-bond donors (Lipinski definition) is 0. The van der Waals surface area contributed by atoms with Gasteiger partial charge in [0, 0.05) is 92.7 Å². The van der Waals surface area contributed by atoms with Gasteiger partial charge in [-0.2, -0.15) is 26.3 Å². The fourth-order valence-corrected chi connectivity index (χ4v) is 7.88. The summed E-state index contributed by atoms with van der Waals surface area (Å²) in [6, 6.07) is 12.5. The topological polar surface area (TPSA) is 46.3 Å². The number of benzene rings is 2. The lowest BCUT2D eigenvalue weighted by Crippen LogP contribution is -2.53. The third kappa shape index (κ3) is 6.67. The zero-order chi connectivity index (χ0) is 34.5. The van der Waals surface area contributed by atoms with E-state index in [0.29, 0.717) is 31.4 Å². The predicted octanol–water partition coefficient (Wildman–Crippen LogP) is 7.63. The lowest BCUT2D eigenvalue weighted by Gasteiger charge is -2.45. The minimum Gasteiger partial charge on any atom is -0.354 e. The summed E-state index contributed by atoms with van der Waals surface area (Å²) in [5.41, 5.74) is 2.45. The van der Waals surface area contributed by atoms with Crippen molar-refractivity contribution in [3.8, 4) is 0 Å². The monoisotopic (exact) mass is 681 g/mol. The molecule has 0 bridgehead atoms. The van der Waals surface area contributed by atoms with Crippen molar-refractivity contribution >= 4 is 11.5 Å². The Labute approximate surface area is 280 Å². The van der Waals surface area contributed by atoms with Gasteiger partial charge < -0.3 is 14.0 Å². The van der Waals surface area contributed by atoms with Gasteiger partial charge in [-0.05, 0) is 61.9 Å². The smallest absolute Gasteiger partial charge is 0.354 e. The van der Waals surface area contributed by atoms with Crippen LogP contribution in [0.4, 0.5) is 26.3 Å². The summed E-state index contributed by atoms with van der Waals surface area (Å²) in [6.07, 6.45) is 0.107. The van der Waals surface area contributed by atoms with Crippen LogP contribution in [0.25, 0.3) is 5.57 Å². The fraction of sp³-hybridized carbons (Fsp3) is 0.405. The van der Waals surface area contributed by atoms with E-state index in [2.05, 4.69) is 33.3 Å². The molecule has 0 saturated carbocycles. The van der Waals surface area contributed by atoms with E-state index in [1.54, 1.807) is 0 Å². The molecule has 49 heavy (non-hydrogen) atoms. The first-order valence-electron chi connectivity index (χ1n) is 16.6. The number of carbonyl (C=O) groups excluding carboxylic acids is 1. The van der Waals surface area contributed by atoms with Gasteiger partial charge in [0.2, 0.25) is 0 Å². The number of amides is 1. The summed E-state index contributed by atoms with van der Waals surface area (Å²) in [7, 11) is 2.07. The number of hydrogen-bond acceptors (Lipinski definition) is 3. The van der Waals surface area contributed by atoms with Crippen LogP contribution in [0.5, 0.6) is 0 Å². The molecule has 2 saturated heterocycles. The van der Waals surface area contributed by atoms with Crippen LogP contribution < -0.4 is 0 Å². The molecule has 6 nitrogen and oxygen atoms in total. The Bertz CT molecular complexity index is 1830. The number of nitrogens with zero attached hydrogens (tertiary/aromatic N) is 5. The van der Waals surface area contributed by atoms with Crippen molar-refractivity contribution in [3.05, 3.63) is 118 Å². The average Bonchev–Trinajstić information content (AvgIpc) is 3.65. The molecule has 2 aromatic carbocycles. The van der Waals surface area contributed by atoms with E-state index in [4.69, 9.17) is 4.98 Å². The van der Waals surface area contributed by atoms with Crippen molar-refractivity contribution in [2.24, 2.45) is 7.05 Å². The van der Waals surface area contributed by atoms with Crippen molar-refractivity contribution in [1.29, 1.82) is 0 Å². The van der Waals surface area contributed by atoms with Crippen molar-refractivity contribution < 1.29 is 31.1 Å². The van der Waals surface area contributed by atoms with Crippen LogP contribution in [0.3, 0.4) is 0 Å². The summed E-state index contributed by atoms with van der Waals surface area (Å²) in [4.78, 5) is 22.5. The van der Waals surface area contributed by atoms with Crippen molar-refractivity contribution in [2.75, 3.05) is 19.6 Å². The number of rotatable bonds is 4. The van der Waals surface area contributed by atoms with Crippen LogP contribution in [0.1, 0.15) is 69.8 Å². The summed E-state index contributed by atoms with van der Waals surface area (Å²) < 4.78 is 86.3. The number of imidazole rings is 1. The third-order valence-corrected chi connectivity index (χ3v) is 10.4. The highest BCUT2D eigenvalue weighted by atomic mass is 19.4. The highest BCUT2D eigenvalue weighted by Crippen LogP contribution is 2.39. The van der Waals surface area contributed by atoms with E-state index in [0.717, 1.165) is 50.3 Å². The van der Waals surface area contributed by atoms with E-state index in [-0.39, 0.29) is 18.7 Å². The number of halogens is 6. The normalized spacial score (nSPS) is 20.6. The van der Waals surface area contributed by atoms with E-state index < -0.39 is 41.0 Å². The second-order valence-electron chi connectivity index (χ2n) is 13.3. The van der Waals surface area contributed by atoms with Gasteiger partial charge in [-0.1, -0.05) is 35.9 Å². The van der Waals surface area contributed by atoms with Gasteiger partial charge in [-0.15, -0.1) is 0 Å². The first-order valence-corrected chi connectivity index (χ1v) is 16.6. The largest absolute Gasteiger partial charge is 0.416 e. The van der Waals surface area contributed by atoms with E-state index >= 15 is 0 Å². The molecule has 3 aliphatic heterocycles. The molecule has 0 aliphatic carbocycles. The minimum atomic E-state index is -5.03. The van der Waals surface area contributed by atoms with Crippen LogP contribution in [-0.4, -0.2) is 61.5 Å². The van der Waals surface area contributed by atoms with Crippen LogP contribution in [0.2, 0.25) is 0 Å². The Hall–Kier alpha value is -4.32. The number of aryl methyl sites for hydroxylation is 2. The maximum absolute atomic E-state index is 13.8. The maximum atomic E-state index is 13.8. The molecule has 2 atom stereocenters. The average molecular weight is 682 g/mol. The van der Waals surface area contributed by atoms with Gasteiger partial charge in [0.05, 0.1) is 11.1 Å². The molecule has 2 fully saturated rings. The number of aromatic nitrogens is 3. The van der Waals surface area contributed by atoms with Gasteiger partial charge in [-0.25, -0.2) is 4.98 Å². The molecule has 0 spiro atoms. The van der Waals surface area contributed by atoms with E-state index in [9.17, 15) is 31.1 Å². The zero-order valence-corrected chi connectivity index (χ0v) is 27.1. The molecule has 7 rings (SSSR count). The summed E-state index contributed by atoms with van der Waals surface area (Å²) in [5, 5.41) is 0. The quantitative estimate of drug-likeness (QED) is 0.208. The molecule has 5 heterocycles. The Morgan fingerprint density at radius 2 is 1.55 bits per heavy atom. The zero-order valence-electron chi connectivity index (χ0n) is 27.1. The first-order chi connectivity index (χ1) is 23.4. The molecule has 4 aromatic rings. The highest BCUT2D eigenvalue weighted by Gasteiger charge is 2.40. The van der Waals surface area contributed by atoms with Gasteiger partial charge in [0.1, 0.15) is 5.82 Å². The van der Waals surface area contributed by atoms with Gasteiger partial charge >= 0.3 is 12.4 Å². The van der Waals surface area contributed by atoms with Gasteiger partial charge in [0.15, 0.2) is 0 Å².